The molecule has 0 radical (unpaired) electrons. The largest absolute Gasteiger partial charge is 0.692 e. The molecule has 2 aromatic rings. The van der Waals surface area contributed by atoms with Crippen LogP contribution in [0.2, 0.25) is 0 Å². The molecule has 0 aliphatic rings. The third-order valence-electron chi connectivity index (χ3n) is 2.59. The Bertz CT molecular complexity index is 671. The number of rotatable bonds is 2. The fourth-order valence-corrected chi connectivity index (χ4v) is 1.70. The van der Waals surface area contributed by atoms with Crippen LogP contribution in [0.1, 0.15) is 5.56 Å². The number of nitrogens with one attached hydrogen (secondary N) is 1. The molecule has 0 aliphatic heterocycles. The van der Waals surface area contributed by atoms with Gasteiger partial charge in [0.05, 0.1) is 16.2 Å². The van der Waals surface area contributed by atoms with Gasteiger partial charge in [-0.2, -0.15) is 13.2 Å². The minimum absolute atomic E-state index is 0.194. The Morgan fingerprint density at radius 1 is 1.25 bits per heavy atom. The second-order valence-electron chi connectivity index (χ2n) is 3.89. The lowest BCUT2D eigenvalue weighted by Crippen LogP contribution is -2.07. The zero-order valence-corrected chi connectivity index (χ0v) is 9.81. The highest BCUT2D eigenvalue weighted by molar-refractivity contribution is 5.71. The van der Waals surface area contributed by atoms with Crippen molar-refractivity contribution in [3.05, 3.63) is 57.9 Å². The zero-order chi connectivity index (χ0) is 14.9. The van der Waals surface area contributed by atoms with E-state index in [1.54, 1.807) is 0 Å². The van der Waals surface area contributed by atoms with Crippen LogP contribution in [-0.4, -0.2) is 9.91 Å². The lowest BCUT2D eigenvalue weighted by Gasteiger charge is -2.13. The molecule has 0 aliphatic carbocycles. The summed E-state index contributed by atoms with van der Waals surface area (Å²) in [6.07, 6.45) is -3.73. The Kier molecular flexibility index (Phi) is 3.31. The molecule has 0 saturated heterocycles. The highest BCUT2D eigenvalue weighted by Crippen LogP contribution is 2.38. The van der Waals surface area contributed by atoms with Gasteiger partial charge in [0.15, 0.2) is 0 Å². The molecular formula is C12H7F3N3O2-. The summed E-state index contributed by atoms with van der Waals surface area (Å²) in [5.41, 5.74) is 4.88. The first-order valence-electron chi connectivity index (χ1n) is 5.33. The van der Waals surface area contributed by atoms with Crippen molar-refractivity contribution in [2.75, 3.05) is 0 Å². The molecule has 1 aromatic heterocycles. The number of halogens is 3. The quantitative estimate of drug-likeness (QED) is 0.606. The normalized spacial score (nSPS) is 11.3. The number of nitro groups is 1. The fraction of sp³-hybridized carbons (Fsp3) is 0.0833. The minimum Gasteiger partial charge on any atom is -0.692 e. The molecular weight excluding hydrogens is 275 g/mol. The average Bonchev–Trinajstić information content (AvgIpc) is 2.38. The Morgan fingerprint density at radius 2 is 1.90 bits per heavy atom. The number of hydrogen-bond acceptors (Lipinski definition) is 3. The Balaban J connectivity index is 2.64. The van der Waals surface area contributed by atoms with Gasteiger partial charge in [-0.15, -0.1) is 0 Å². The van der Waals surface area contributed by atoms with Gasteiger partial charge in [0.25, 0.3) is 5.69 Å². The van der Waals surface area contributed by atoms with E-state index in [0.29, 0.717) is 0 Å². The first kappa shape index (κ1) is 13.8. The van der Waals surface area contributed by atoms with Crippen molar-refractivity contribution in [1.29, 1.82) is 0 Å². The summed E-state index contributed by atoms with van der Waals surface area (Å²) in [6, 6.07) is 5.52. The summed E-state index contributed by atoms with van der Waals surface area (Å²) in [5.74, 6) is 0. The van der Waals surface area contributed by atoms with E-state index in [2.05, 4.69) is 4.98 Å². The molecule has 1 aromatic carbocycles. The van der Waals surface area contributed by atoms with Crippen LogP contribution in [0.3, 0.4) is 0 Å². The number of hydrogen-bond donors (Lipinski definition) is 0. The van der Waals surface area contributed by atoms with Crippen LogP contribution in [0.25, 0.3) is 17.0 Å². The van der Waals surface area contributed by atoms with Crippen molar-refractivity contribution < 1.29 is 18.1 Å². The van der Waals surface area contributed by atoms with E-state index in [4.69, 9.17) is 5.73 Å². The smallest absolute Gasteiger partial charge is 0.417 e. The van der Waals surface area contributed by atoms with E-state index in [-0.39, 0.29) is 11.3 Å². The van der Waals surface area contributed by atoms with Gasteiger partial charge >= 0.3 is 6.18 Å². The van der Waals surface area contributed by atoms with Gasteiger partial charge < -0.3 is 5.73 Å². The van der Waals surface area contributed by atoms with Gasteiger partial charge in [-0.25, -0.2) is 0 Å². The molecule has 0 spiro atoms. The number of nitrogens with zero attached hydrogens (tertiary/aromatic N) is 2. The van der Waals surface area contributed by atoms with Crippen LogP contribution in [-0.2, 0) is 6.18 Å². The van der Waals surface area contributed by atoms with Crippen molar-refractivity contribution in [2.45, 2.75) is 6.18 Å². The van der Waals surface area contributed by atoms with Crippen molar-refractivity contribution in [1.82, 2.24) is 4.98 Å². The Labute approximate surface area is 111 Å². The topological polar surface area (TPSA) is 79.8 Å². The van der Waals surface area contributed by atoms with Gasteiger partial charge in [-0.3, -0.25) is 15.1 Å². The predicted octanol–water partition coefficient (Wildman–Crippen LogP) is 4.36. The molecule has 0 amide bonds. The van der Waals surface area contributed by atoms with Crippen LogP contribution < -0.4 is 0 Å². The fourth-order valence-electron chi connectivity index (χ4n) is 1.70. The Hall–Kier alpha value is -2.64. The SMILES string of the molecule is [NH-]c1cnc(-c2ccccc2C(F)(F)F)cc1[N+](=O)[O-]. The molecule has 5 nitrogen and oxygen atoms in total. The van der Waals surface area contributed by atoms with Gasteiger partial charge in [0, 0.05) is 17.8 Å². The molecule has 8 heteroatoms. The summed E-state index contributed by atoms with van der Waals surface area (Å²) in [5, 5.41) is 10.7. The molecule has 20 heavy (non-hydrogen) atoms. The van der Waals surface area contributed by atoms with Crippen molar-refractivity contribution in [2.24, 2.45) is 0 Å². The highest BCUT2D eigenvalue weighted by Gasteiger charge is 2.33. The summed E-state index contributed by atoms with van der Waals surface area (Å²) >= 11 is 0. The van der Waals surface area contributed by atoms with Crippen LogP contribution in [0.4, 0.5) is 24.5 Å². The van der Waals surface area contributed by atoms with Gasteiger partial charge in [0.1, 0.15) is 0 Å². The van der Waals surface area contributed by atoms with Crippen molar-refractivity contribution >= 4 is 11.4 Å². The van der Waals surface area contributed by atoms with Gasteiger partial charge in [0.2, 0.25) is 0 Å². The Morgan fingerprint density at radius 3 is 2.50 bits per heavy atom. The molecule has 1 heterocycles. The van der Waals surface area contributed by atoms with Crippen LogP contribution in [0.15, 0.2) is 36.5 Å². The highest BCUT2D eigenvalue weighted by atomic mass is 19.4. The molecule has 0 unspecified atom stereocenters. The van der Waals surface area contributed by atoms with E-state index in [1.165, 1.54) is 18.2 Å². The monoisotopic (exact) mass is 282 g/mol. The van der Waals surface area contributed by atoms with Crippen LogP contribution >= 0.6 is 0 Å². The van der Waals surface area contributed by atoms with Crippen molar-refractivity contribution in [3.63, 3.8) is 0 Å². The third-order valence-corrected chi connectivity index (χ3v) is 2.59. The van der Waals surface area contributed by atoms with E-state index < -0.39 is 28.0 Å². The number of benzene rings is 1. The van der Waals surface area contributed by atoms with Crippen LogP contribution in [0.5, 0.6) is 0 Å². The molecule has 2 rings (SSSR count). The maximum absolute atomic E-state index is 12.9. The maximum Gasteiger partial charge on any atom is 0.417 e. The molecule has 0 atom stereocenters. The van der Waals surface area contributed by atoms with E-state index in [9.17, 15) is 23.3 Å². The standard InChI is InChI=1S/C12H7F3N3O2/c13-12(14,15)8-4-2-1-3-7(8)10-5-11(18(19)20)9(16)6-17-10/h1-6,16H/q-1. The molecule has 104 valence electrons. The summed E-state index contributed by atoms with van der Waals surface area (Å²) in [4.78, 5) is 13.6. The minimum atomic E-state index is -4.59. The van der Waals surface area contributed by atoms with Gasteiger partial charge in [-0.05, 0) is 11.8 Å². The van der Waals surface area contributed by atoms with Crippen molar-refractivity contribution in [3.8, 4) is 11.3 Å². The van der Waals surface area contributed by atoms with E-state index in [1.807, 2.05) is 0 Å². The van der Waals surface area contributed by atoms with Crippen LogP contribution in [0, 0.1) is 10.1 Å². The molecule has 1 N–H and O–H groups in total. The number of pyridine rings is 1. The number of aromatic nitrogens is 1. The molecule has 0 fully saturated rings. The van der Waals surface area contributed by atoms with E-state index in [0.717, 1.165) is 18.3 Å². The lowest BCUT2D eigenvalue weighted by atomic mass is 10.0. The first-order valence-corrected chi connectivity index (χ1v) is 5.33. The summed E-state index contributed by atoms with van der Waals surface area (Å²) in [6.45, 7) is 0. The second kappa shape index (κ2) is 4.80. The predicted molar refractivity (Wildman–Crippen MR) is 65.3 cm³/mol. The zero-order valence-electron chi connectivity index (χ0n) is 9.81. The lowest BCUT2D eigenvalue weighted by molar-refractivity contribution is -0.383. The molecule has 0 saturated carbocycles. The van der Waals surface area contributed by atoms with Gasteiger partial charge in [-0.1, -0.05) is 18.2 Å². The second-order valence-corrected chi connectivity index (χ2v) is 3.89. The maximum atomic E-state index is 12.9. The van der Waals surface area contributed by atoms with E-state index >= 15 is 0 Å². The average molecular weight is 282 g/mol. The third kappa shape index (κ3) is 2.53. The first-order chi connectivity index (χ1) is 9.30. The summed E-state index contributed by atoms with van der Waals surface area (Å²) in [7, 11) is 0. The summed E-state index contributed by atoms with van der Waals surface area (Å²) < 4.78 is 38.6. The number of alkyl halides is 3. The molecule has 0 bridgehead atoms.